The summed E-state index contributed by atoms with van der Waals surface area (Å²) >= 11 is 0. The SMILES string of the molecule is CCOC(=O)Cc1ccn(-c2ccc(F)c(F)c2)n1. The zero-order chi connectivity index (χ0) is 13.8. The van der Waals surface area contributed by atoms with E-state index in [1.807, 2.05) is 0 Å². The second-order valence-corrected chi connectivity index (χ2v) is 3.83. The van der Waals surface area contributed by atoms with Crippen LogP contribution < -0.4 is 0 Å². The quantitative estimate of drug-likeness (QED) is 0.797. The summed E-state index contributed by atoms with van der Waals surface area (Å²) in [5.41, 5.74) is 0.886. The Bertz CT molecular complexity index is 596. The first kappa shape index (κ1) is 13.2. The van der Waals surface area contributed by atoms with Crippen LogP contribution in [0.15, 0.2) is 30.5 Å². The largest absolute Gasteiger partial charge is 0.466 e. The molecule has 0 N–H and O–H groups in total. The van der Waals surface area contributed by atoms with Gasteiger partial charge in [-0.3, -0.25) is 4.79 Å². The van der Waals surface area contributed by atoms with E-state index in [2.05, 4.69) is 5.10 Å². The minimum Gasteiger partial charge on any atom is -0.466 e. The molecule has 0 radical (unpaired) electrons. The standard InChI is InChI=1S/C13H12F2N2O2/c1-2-19-13(18)7-9-5-6-17(16-9)10-3-4-11(14)12(15)8-10/h3-6,8H,2,7H2,1H3. The molecular weight excluding hydrogens is 254 g/mol. The maximum absolute atomic E-state index is 13.1. The van der Waals surface area contributed by atoms with Gasteiger partial charge in [0.05, 0.1) is 24.4 Å². The fourth-order valence-electron chi connectivity index (χ4n) is 1.59. The number of hydrogen-bond acceptors (Lipinski definition) is 3. The average Bonchev–Trinajstić information content (AvgIpc) is 2.81. The van der Waals surface area contributed by atoms with Crippen LogP contribution in [0.4, 0.5) is 8.78 Å². The van der Waals surface area contributed by atoms with Gasteiger partial charge >= 0.3 is 5.97 Å². The predicted octanol–water partition coefficient (Wildman–Crippen LogP) is 2.26. The van der Waals surface area contributed by atoms with Crippen LogP contribution >= 0.6 is 0 Å². The van der Waals surface area contributed by atoms with Crippen LogP contribution in [-0.4, -0.2) is 22.4 Å². The lowest BCUT2D eigenvalue weighted by Crippen LogP contribution is -2.08. The highest BCUT2D eigenvalue weighted by Crippen LogP contribution is 2.13. The van der Waals surface area contributed by atoms with E-state index in [-0.39, 0.29) is 12.4 Å². The lowest BCUT2D eigenvalue weighted by Gasteiger charge is -2.02. The predicted molar refractivity (Wildman–Crippen MR) is 63.8 cm³/mol. The molecule has 4 nitrogen and oxygen atoms in total. The van der Waals surface area contributed by atoms with Crippen LogP contribution in [0.1, 0.15) is 12.6 Å². The number of benzene rings is 1. The molecule has 100 valence electrons. The molecule has 0 amide bonds. The molecule has 1 aromatic carbocycles. The Morgan fingerprint density at radius 3 is 2.79 bits per heavy atom. The number of nitrogens with zero attached hydrogens (tertiary/aromatic N) is 2. The van der Waals surface area contributed by atoms with Gasteiger partial charge in [-0.15, -0.1) is 0 Å². The van der Waals surface area contributed by atoms with Gasteiger partial charge in [-0.05, 0) is 25.1 Å². The van der Waals surface area contributed by atoms with Crippen molar-refractivity contribution in [1.82, 2.24) is 9.78 Å². The summed E-state index contributed by atoms with van der Waals surface area (Å²) in [6, 6.07) is 5.09. The molecule has 0 aliphatic carbocycles. The fraction of sp³-hybridized carbons (Fsp3) is 0.231. The van der Waals surface area contributed by atoms with Crippen LogP contribution in [-0.2, 0) is 16.0 Å². The summed E-state index contributed by atoms with van der Waals surface area (Å²) in [6.07, 6.45) is 1.62. The van der Waals surface area contributed by atoms with Gasteiger partial charge in [0.1, 0.15) is 0 Å². The molecule has 0 aliphatic rings. The number of rotatable bonds is 4. The van der Waals surface area contributed by atoms with E-state index in [4.69, 9.17) is 4.74 Å². The topological polar surface area (TPSA) is 44.1 Å². The molecule has 0 bridgehead atoms. The van der Waals surface area contributed by atoms with Crippen molar-refractivity contribution in [3.63, 3.8) is 0 Å². The Labute approximate surface area is 108 Å². The van der Waals surface area contributed by atoms with Crippen molar-refractivity contribution in [2.45, 2.75) is 13.3 Å². The molecule has 0 atom stereocenters. The van der Waals surface area contributed by atoms with Crippen LogP contribution in [0.5, 0.6) is 0 Å². The minimum atomic E-state index is -0.944. The summed E-state index contributed by atoms with van der Waals surface area (Å²) in [5.74, 6) is -2.24. The Balaban J connectivity index is 2.16. The average molecular weight is 266 g/mol. The van der Waals surface area contributed by atoms with Crippen molar-refractivity contribution >= 4 is 5.97 Å². The number of aromatic nitrogens is 2. The van der Waals surface area contributed by atoms with Crippen molar-refractivity contribution in [2.24, 2.45) is 0 Å². The van der Waals surface area contributed by atoms with E-state index in [9.17, 15) is 13.6 Å². The third-order valence-electron chi connectivity index (χ3n) is 2.44. The smallest absolute Gasteiger partial charge is 0.311 e. The third kappa shape index (κ3) is 3.15. The van der Waals surface area contributed by atoms with Gasteiger partial charge in [0, 0.05) is 12.3 Å². The molecule has 0 fully saturated rings. The maximum Gasteiger partial charge on any atom is 0.311 e. The molecule has 6 heteroatoms. The van der Waals surface area contributed by atoms with Gasteiger partial charge in [-0.25, -0.2) is 13.5 Å². The monoisotopic (exact) mass is 266 g/mol. The molecule has 1 heterocycles. The highest BCUT2D eigenvalue weighted by atomic mass is 19.2. The molecule has 0 unspecified atom stereocenters. The van der Waals surface area contributed by atoms with Crippen LogP contribution in [0, 0.1) is 11.6 Å². The van der Waals surface area contributed by atoms with Crippen molar-refractivity contribution in [1.29, 1.82) is 0 Å². The second kappa shape index (κ2) is 5.60. The maximum atomic E-state index is 13.1. The third-order valence-corrected chi connectivity index (χ3v) is 2.44. The number of ether oxygens (including phenoxy) is 1. The molecule has 0 spiro atoms. The Kier molecular flexibility index (Phi) is 3.89. The van der Waals surface area contributed by atoms with Gasteiger partial charge in [0.2, 0.25) is 0 Å². The first-order valence-corrected chi connectivity index (χ1v) is 5.75. The number of esters is 1. The van der Waals surface area contributed by atoms with Gasteiger partial charge < -0.3 is 4.74 Å². The Hall–Kier alpha value is -2.24. The summed E-state index contributed by atoms with van der Waals surface area (Å²) in [7, 11) is 0. The van der Waals surface area contributed by atoms with Crippen LogP contribution in [0.25, 0.3) is 5.69 Å². The van der Waals surface area contributed by atoms with Crippen LogP contribution in [0.3, 0.4) is 0 Å². The summed E-state index contributed by atoms with van der Waals surface area (Å²) < 4.78 is 32.1. The molecule has 2 rings (SSSR count). The summed E-state index contributed by atoms with van der Waals surface area (Å²) in [5, 5.41) is 4.10. The highest BCUT2D eigenvalue weighted by molar-refractivity contribution is 5.71. The molecular formula is C13H12F2N2O2. The van der Waals surface area contributed by atoms with E-state index in [1.54, 1.807) is 19.2 Å². The summed E-state index contributed by atoms with van der Waals surface area (Å²) in [4.78, 5) is 11.3. The number of carbonyl (C=O) groups excluding carboxylic acids is 1. The lowest BCUT2D eigenvalue weighted by molar-refractivity contribution is -0.142. The van der Waals surface area contributed by atoms with Crippen molar-refractivity contribution in [3.05, 3.63) is 47.8 Å². The van der Waals surface area contributed by atoms with Crippen molar-refractivity contribution < 1.29 is 18.3 Å². The zero-order valence-corrected chi connectivity index (χ0v) is 10.3. The first-order valence-electron chi connectivity index (χ1n) is 5.75. The molecule has 1 aromatic heterocycles. The first-order chi connectivity index (χ1) is 9.10. The van der Waals surface area contributed by atoms with Gasteiger partial charge in [0.15, 0.2) is 11.6 Å². The van der Waals surface area contributed by atoms with Crippen molar-refractivity contribution in [2.75, 3.05) is 6.61 Å². The zero-order valence-electron chi connectivity index (χ0n) is 10.3. The van der Waals surface area contributed by atoms with E-state index in [0.717, 1.165) is 12.1 Å². The molecule has 0 saturated carbocycles. The summed E-state index contributed by atoms with van der Waals surface area (Å²) in [6.45, 7) is 2.03. The van der Waals surface area contributed by atoms with Gasteiger partial charge in [-0.2, -0.15) is 5.10 Å². The molecule has 0 saturated heterocycles. The van der Waals surface area contributed by atoms with E-state index < -0.39 is 11.6 Å². The number of carbonyl (C=O) groups is 1. The molecule has 0 aliphatic heterocycles. The number of halogens is 2. The van der Waals surface area contributed by atoms with Crippen molar-refractivity contribution in [3.8, 4) is 5.69 Å². The van der Waals surface area contributed by atoms with Gasteiger partial charge in [0.25, 0.3) is 0 Å². The number of hydrogen-bond donors (Lipinski definition) is 0. The van der Waals surface area contributed by atoms with Gasteiger partial charge in [-0.1, -0.05) is 0 Å². The minimum absolute atomic E-state index is 0.0461. The lowest BCUT2D eigenvalue weighted by atomic mass is 10.3. The Morgan fingerprint density at radius 1 is 1.32 bits per heavy atom. The van der Waals surface area contributed by atoms with E-state index in [0.29, 0.717) is 18.0 Å². The normalized spacial score (nSPS) is 10.5. The van der Waals surface area contributed by atoms with E-state index >= 15 is 0 Å². The highest BCUT2D eigenvalue weighted by Gasteiger charge is 2.09. The Morgan fingerprint density at radius 2 is 2.11 bits per heavy atom. The fourth-order valence-corrected chi connectivity index (χ4v) is 1.59. The van der Waals surface area contributed by atoms with Crippen LogP contribution in [0.2, 0.25) is 0 Å². The second-order valence-electron chi connectivity index (χ2n) is 3.83. The molecule has 2 aromatic rings. The molecule has 19 heavy (non-hydrogen) atoms. The van der Waals surface area contributed by atoms with E-state index in [1.165, 1.54) is 10.7 Å².